The molecule has 0 aliphatic carbocycles. The first-order chi connectivity index (χ1) is 18.5. The van der Waals surface area contributed by atoms with Crippen LogP contribution in [0.4, 0.5) is 5.69 Å². The Balaban J connectivity index is 1.39. The number of hydrogen-bond donors (Lipinski definition) is 2. The van der Waals surface area contributed by atoms with Gasteiger partial charge >= 0.3 is 0 Å². The number of hydrogen-bond acceptors (Lipinski definition) is 8. The van der Waals surface area contributed by atoms with E-state index in [2.05, 4.69) is 27.8 Å². The van der Waals surface area contributed by atoms with Gasteiger partial charge in [-0.2, -0.15) is 0 Å². The Kier molecular flexibility index (Phi) is 8.14. The largest absolute Gasteiger partial charge is 0.392 e. The number of nitrogens with zero attached hydrogens (tertiary/aromatic N) is 4. The molecule has 10 heteroatoms. The minimum atomic E-state index is -0.648. The van der Waals surface area contributed by atoms with Gasteiger partial charge in [0.05, 0.1) is 18.8 Å². The van der Waals surface area contributed by atoms with Gasteiger partial charge in [0.1, 0.15) is 0 Å². The molecule has 1 aromatic heterocycles. The summed E-state index contributed by atoms with van der Waals surface area (Å²) in [5.41, 5.74) is 3.89. The Morgan fingerprint density at radius 3 is 2.53 bits per heavy atom. The van der Waals surface area contributed by atoms with E-state index >= 15 is 0 Å². The minimum Gasteiger partial charge on any atom is -0.392 e. The highest BCUT2D eigenvalue weighted by Crippen LogP contribution is 2.43. The number of ether oxygens (including phenoxy) is 2. The van der Waals surface area contributed by atoms with E-state index in [4.69, 9.17) is 9.47 Å². The molecule has 3 aromatic carbocycles. The molecule has 1 saturated heterocycles. The van der Waals surface area contributed by atoms with Crippen molar-refractivity contribution < 1.29 is 19.4 Å². The zero-order chi connectivity index (χ0) is 26.5. The van der Waals surface area contributed by atoms with Crippen LogP contribution < -0.4 is 5.32 Å². The number of aliphatic hydroxyl groups excluding tert-OH is 1. The van der Waals surface area contributed by atoms with E-state index in [1.807, 2.05) is 66.7 Å². The Labute approximate surface area is 225 Å². The summed E-state index contributed by atoms with van der Waals surface area (Å²) in [4.78, 5) is 12.7. The Morgan fingerprint density at radius 1 is 1.03 bits per heavy atom. The molecule has 4 aromatic rings. The Morgan fingerprint density at radius 2 is 1.82 bits per heavy atom. The third-order valence-electron chi connectivity index (χ3n) is 6.53. The molecule has 0 spiro atoms. The summed E-state index contributed by atoms with van der Waals surface area (Å²) < 4.78 is 14.7. The molecule has 1 aliphatic heterocycles. The molecule has 0 bridgehead atoms. The van der Waals surface area contributed by atoms with Crippen molar-refractivity contribution in [3.05, 3.63) is 101 Å². The number of nitrogens with one attached hydrogen (secondary N) is 1. The summed E-state index contributed by atoms with van der Waals surface area (Å²) in [6, 6.07) is 24.4. The Bertz CT molecular complexity index is 1370. The van der Waals surface area contributed by atoms with Crippen molar-refractivity contribution in [2.24, 2.45) is 13.0 Å². The number of aromatic nitrogens is 4. The molecular formula is C28H29N5O4S. The van der Waals surface area contributed by atoms with E-state index < -0.39 is 6.29 Å². The zero-order valence-electron chi connectivity index (χ0n) is 21.1. The quantitative estimate of drug-likeness (QED) is 0.319. The molecule has 1 aliphatic rings. The number of thioether (sulfide) groups is 1. The van der Waals surface area contributed by atoms with Gasteiger partial charge in [-0.25, -0.2) is 4.68 Å². The topological polar surface area (TPSA) is 111 Å². The lowest BCUT2D eigenvalue weighted by Gasteiger charge is -2.41. The van der Waals surface area contributed by atoms with Crippen LogP contribution in [0.25, 0.3) is 0 Å². The fourth-order valence-corrected chi connectivity index (χ4v) is 5.38. The molecule has 196 valence electrons. The number of anilines is 1. The summed E-state index contributed by atoms with van der Waals surface area (Å²) in [7, 11) is 1.81. The maximum atomic E-state index is 12.7. The van der Waals surface area contributed by atoms with Crippen LogP contribution >= 0.6 is 11.8 Å². The number of tetrazole rings is 1. The number of carbonyl (C=O) groups excluding carboxylic acids is 1. The van der Waals surface area contributed by atoms with Gasteiger partial charge in [0.25, 0.3) is 5.91 Å². The molecular weight excluding hydrogens is 502 g/mol. The highest BCUT2D eigenvalue weighted by atomic mass is 32.2. The van der Waals surface area contributed by atoms with E-state index in [9.17, 15) is 9.90 Å². The van der Waals surface area contributed by atoms with Crippen molar-refractivity contribution in [1.82, 2.24) is 20.2 Å². The number of aliphatic hydroxyl groups is 1. The highest BCUT2D eigenvalue weighted by molar-refractivity contribution is 7.99. The highest BCUT2D eigenvalue weighted by Gasteiger charge is 2.38. The zero-order valence-corrected chi connectivity index (χ0v) is 21.9. The maximum absolute atomic E-state index is 12.7. The molecule has 2 heterocycles. The van der Waals surface area contributed by atoms with Gasteiger partial charge in [-0.15, -0.1) is 5.10 Å². The summed E-state index contributed by atoms with van der Waals surface area (Å²) in [5, 5.41) is 24.8. The number of amides is 1. The first kappa shape index (κ1) is 26.1. The van der Waals surface area contributed by atoms with Crippen molar-refractivity contribution in [2.45, 2.75) is 37.2 Å². The number of carbonyl (C=O) groups is 1. The van der Waals surface area contributed by atoms with Gasteiger partial charge in [-0.1, -0.05) is 73.3 Å². The van der Waals surface area contributed by atoms with E-state index in [1.165, 1.54) is 11.8 Å². The van der Waals surface area contributed by atoms with Crippen LogP contribution in [0.3, 0.4) is 0 Å². The van der Waals surface area contributed by atoms with Crippen LogP contribution in [0.2, 0.25) is 0 Å². The van der Waals surface area contributed by atoms with Crippen LogP contribution in [-0.4, -0.2) is 43.1 Å². The van der Waals surface area contributed by atoms with Crippen molar-refractivity contribution in [3.8, 4) is 0 Å². The molecule has 4 atom stereocenters. The molecule has 9 nitrogen and oxygen atoms in total. The van der Waals surface area contributed by atoms with Crippen LogP contribution in [0.5, 0.6) is 0 Å². The van der Waals surface area contributed by atoms with E-state index in [0.29, 0.717) is 22.2 Å². The molecule has 38 heavy (non-hydrogen) atoms. The van der Waals surface area contributed by atoms with E-state index in [0.717, 1.165) is 16.7 Å². The minimum absolute atomic E-state index is 0.0143. The first-order valence-electron chi connectivity index (χ1n) is 12.3. The molecule has 0 saturated carbocycles. The molecule has 5 rings (SSSR count). The lowest BCUT2D eigenvalue weighted by Crippen LogP contribution is -2.38. The van der Waals surface area contributed by atoms with Gasteiger partial charge in [0, 0.05) is 35.5 Å². The maximum Gasteiger partial charge on any atom is 0.255 e. The van der Waals surface area contributed by atoms with E-state index in [-0.39, 0.29) is 30.6 Å². The third kappa shape index (κ3) is 5.94. The molecule has 0 unspecified atom stereocenters. The molecule has 1 fully saturated rings. The van der Waals surface area contributed by atoms with Crippen LogP contribution in [0.1, 0.15) is 46.4 Å². The molecule has 0 radical (unpaired) electrons. The molecule has 1 amide bonds. The number of rotatable bonds is 8. The predicted octanol–water partition coefficient (Wildman–Crippen LogP) is 4.54. The fraction of sp³-hybridized carbons (Fsp3) is 0.286. The number of aryl methyl sites for hydroxylation is 1. The van der Waals surface area contributed by atoms with E-state index in [1.54, 1.807) is 23.9 Å². The number of benzene rings is 3. The van der Waals surface area contributed by atoms with Gasteiger partial charge < -0.3 is 19.9 Å². The summed E-state index contributed by atoms with van der Waals surface area (Å²) in [6.07, 6.45) is -1.06. The van der Waals surface area contributed by atoms with Crippen molar-refractivity contribution in [3.63, 3.8) is 0 Å². The van der Waals surface area contributed by atoms with Gasteiger partial charge in [-0.05, 0) is 45.8 Å². The van der Waals surface area contributed by atoms with Crippen LogP contribution in [0, 0.1) is 5.92 Å². The lowest BCUT2D eigenvalue weighted by atomic mass is 9.91. The first-order valence-corrected chi connectivity index (χ1v) is 13.3. The second kappa shape index (κ2) is 11.9. The van der Waals surface area contributed by atoms with Crippen molar-refractivity contribution in [2.75, 3.05) is 11.1 Å². The third-order valence-corrected chi connectivity index (χ3v) is 7.63. The lowest BCUT2D eigenvalue weighted by molar-refractivity contribution is -0.268. The summed E-state index contributed by atoms with van der Waals surface area (Å²) in [5.74, 6) is 0.474. The normalized spacial score (nSPS) is 21.2. The Hall–Kier alpha value is -3.57. The predicted molar refractivity (Wildman–Crippen MR) is 143 cm³/mol. The smallest absolute Gasteiger partial charge is 0.255 e. The second-order valence-electron chi connectivity index (χ2n) is 9.16. The van der Waals surface area contributed by atoms with Gasteiger partial charge in [0.15, 0.2) is 6.29 Å². The van der Waals surface area contributed by atoms with Crippen molar-refractivity contribution >= 4 is 23.4 Å². The second-order valence-corrected chi connectivity index (χ2v) is 10.2. The summed E-state index contributed by atoms with van der Waals surface area (Å²) in [6.45, 7) is 2.09. The summed E-state index contributed by atoms with van der Waals surface area (Å²) >= 11 is 1.53. The molecule has 2 N–H and O–H groups in total. The van der Waals surface area contributed by atoms with Gasteiger partial charge in [-0.3, -0.25) is 4.79 Å². The van der Waals surface area contributed by atoms with Crippen LogP contribution in [-0.2, 0) is 23.1 Å². The standard InChI is InChI=1S/C28H29N5O4S/c1-18-24(17-38-28-30-31-32-33(28)2)36-27(37-25(18)20-13-11-19(16-34)12-14-20)22-9-6-10-23(15-22)29-26(35)21-7-4-3-5-8-21/h3-15,18,24-25,27,34H,16-17H2,1-2H3,(H,29,35)/t18-,24+,25+,27+/m1/s1. The van der Waals surface area contributed by atoms with Crippen LogP contribution in [0.15, 0.2) is 84.0 Å². The average Bonchev–Trinajstić information content (AvgIpc) is 3.37. The fourth-order valence-electron chi connectivity index (χ4n) is 4.37. The van der Waals surface area contributed by atoms with Crippen molar-refractivity contribution in [1.29, 1.82) is 0 Å². The average molecular weight is 532 g/mol. The SMILES string of the molecule is C[C@@H]1[C@H](CSc2nnnn2C)O[C@H](c2cccc(NC(=O)c3ccccc3)c2)O[C@@H]1c1ccc(CO)cc1. The van der Waals surface area contributed by atoms with Gasteiger partial charge in [0.2, 0.25) is 5.16 Å². The monoisotopic (exact) mass is 531 g/mol.